The van der Waals surface area contributed by atoms with Crippen LogP contribution >= 0.6 is 0 Å². The quantitative estimate of drug-likeness (QED) is 0.858. The molecule has 0 unspecified atom stereocenters. The topological polar surface area (TPSA) is 62.2 Å². The zero-order valence-corrected chi connectivity index (χ0v) is 11.5. The highest BCUT2D eigenvalue weighted by Crippen LogP contribution is 2.29. The van der Waals surface area contributed by atoms with E-state index in [4.69, 9.17) is 0 Å². The lowest BCUT2D eigenvalue weighted by atomic mass is 10.3. The predicted octanol–water partition coefficient (Wildman–Crippen LogP) is 1.09. The molecule has 0 bridgehead atoms. The lowest BCUT2D eigenvalue weighted by molar-refractivity contribution is 0.247. The summed E-state index contributed by atoms with van der Waals surface area (Å²) in [6.45, 7) is 4.01. The Morgan fingerprint density at radius 1 is 1.42 bits per heavy atom. The van der Waals surface area contributed by atoms with Crippen LogP contribution in [0.1, 0.15) is 25.0 Å². The molecule has 104 valence electrons. The molecule has 1 aliphatic heterocycles. The third kappa shape index (κ3) is 2.89. The number of anilines is 1. The van der Waals surface area contributed by atoms with Crippen LogP contribution in [0.25, 0.3) is 0 Å². The summed E-state index contributed by atoms with van der Waals surface area (Å²) >= 11 is 0. The molecule has 19 heavy (non-hydrogen) atoms. The monoisotopic (exact) mass is 263 g/mol. The van der Waals surface area contributed by atoms with Gasteiger partial charge in [0.05, 0.1) is 5.69 Å². The Labute approximate surface area is 113 Å². The molecule has 1 saturated carbocycles. The van der Waals surface area contributed by atoms with Gasteiger partial charge in [-0.2, -0.15) is 5.10 Å². The van der Waals surface area contributed by atoms with Gasteiger partial charge in [-0.3, -0.25) is 14.9 Å². The lowest BCUT2D eigenvalue weighted by Gasteiger charge is -2.16. The highest BCUT2D eigenvalue weighted by molar-refractivity contribution is 5.88. The average molecular weight is 263 g/mol. The first kappa shape index (κ1) is 12.5. The van der Waals surface area contributed by atoms with E-state index in [0.717, 1.165) is 37.1 Å². The molecule has 0 aromatic carbocycles. The van der Waals surface area contributed by atoms with Gasteiger partial charge in [-0.05, 0) is 26.2 Å². The van der Waals surface area contributed by atoms with Crippen molar-refractivity contribution in [3.8, 4) is 0 Å². The summed E-state index contributed by atoms with van der Waals surface area (Å²) in [7, 11) is 1.83. The van der Waals surface area contributed by atoms with E-state index in [1.54, 1.807) is 4.68 Å². The number of amides is 2. The number of aryl methyl sites for hydroxylation is 2. The molecule has 1 aliphatic carbocycles. The van der Waals surface area contributed by atoms with Crippen molar-refractivity contribution in [1.82, 2.24) is 20.0 Å². The maximum absolute atomic E-state index is 11.9. The molecule has 2 heterocycles. The van der Waals surface area contributed by atoms with E-state index < -0.39 is 0 Å². The molecule has 1 saturated heterocycles. The van der Waals surface area contributed by atoms with E-state index >= 15 is 0 Å². The number of likely N-dealkylation sites (tertiary alicyclic amines) is 1. The van der Waals surface area contributed by atoms with Gasteiger partial charge < -0.3 is 5.32 Å². The number of rotatable bonds is 3. The molecule has 2 fully saturated rings. The Bertz CT molecular complexity index is 479. The van der Waals surface area contributed by atoms with E-state index in [1.165, 1.54) is 12.8 Å². The number of carbonyl (C=O) groups excluding carboxylic acids is 1. The lowest BCUT2D eigenvalue weighted by Crippen LogP contribution is -2.40. The fourth-order valence-electron chi connectivity index (χ4n) is 2.74. The van der Waals surface area contributed by atoms with Gasteiger partial charge in [-0.25, -0.2) is 4.79 Å². The fourth-order valence-corrected chi connectivity index (χ4v) is 2.74. The highest BCUT2D eigenvalue weighted by atomic mass is 16.2. The summed E-state index contributed by atoms with van der Waals surface area (Å²) in [5.74, 6) is 0.729. The van der Waals surface area contributed by atoms with Gasteiger partial charge in [-0.1, -0.05) is 0 Å². The van der Waals surface area contributed by atoms with E-state index in [1.807, 2.05) is 20.0 Å². The third-order valence-electron chi connectivity index (χ3n) is 3.86. The Hall–Kier alpha value is -1.56. The Balaban J connectivity index is 1.50. The van der Waals surface area contributed by atoms with Gasteiger partial charge in [0, 0.05) is 38.3 Å². The van der Waals surface area contributed by atoms with Crippen LogP contribution in [-0.4, -0.2) is 45.9 Å². The van der Waals surface area contributed by atoms with E-state index in [0.29, 0.717) is 0 Å². The summed E-state index contributed by atoms with van der Waals surface area (Å²) < 4.78 is 1.68. The van der Waals surface area contributed by atoms with Crippen LogP contribution in [0.3, 0.4) is 0 Å². The Morgan fingerprint density at radius 2 is 2.21 bits per heavy atom. The van der Waals surface area contributed by atoms with Crippen molar-refractivity contribution < 1.29 is 4.79 Å². The first-order valence-corrected chi connectivity index (χ1v) is 6.94. The van der Waals surface area contributed by atoms with Crippen LogP contribution in [0.2, 0.25) is 0 Å². The number of aromatic nitrogens is 2. The first-order valence-electron chi connectivity index (χ1n) is 6.94. The molecule has 2 aliphatic rings. The van der Waals surface area contributed by atoms with E-state index in [9.17, 15) is 4.79 Å². The van der Waals surface area contributed by atoms with E-state index in [2.05, 4.69) is 20.6 Å². The van der Waals surface area contributed by atoms with Crippen molar-refractivity contribution in [2.24, 2.45) is 7.05 Å². The van der Waals surface area contributed by atoms with Crippen molar-refractivity contribution in [3.63, 3.8) is 0 Å². The highest BCUT2D eigenvalue weighted by Gasteiger charge is 2.34. The minimum absolute atomic E-state index is 0.134. The van der Waals surface area contributed by atoms with Crippen LogP contribution in [0.4, 0.5) is 10.6 Å². The molecule has 2 amide bonds. The van der Waals surface area contributed by atoms with Gasteiger partial charge in [0.2, 0.25) is 0 Å². The average Bonchev–Trinajstić information content (AvgIpc) is 3.01. The molecule has 1 atom stereocenters. The van der Waals surface area contributed by atoms with Gasteiger partial charge in [0.25, 0.3) is 0 Å². The zero-order valence-electron chi connectivity index (χ0n) is 11.5. The Kier molecular flexibility index (Phi) is 3.18. The van der Waals surface area contributed by atoms with Crippen LogP contribution in [0.15, 0.2) is 6.07 Å². The second kappa shape index (κ2) is 4.85. The van der Waals surface area contributed by atoms with Crippen LogP contribution < -0.4 is 10.6 Å². The largest absolute Gasteiger partial charge is 0.334 e. The fraction of sp³-hybridized carbons (Fsp3) is 0.692. The summed E-state index contributed by atoms with van der Waals surface area (Å²) in [5, 5.41) is 10.1. The van der Waals surface area contributed by atoms with Gasteiger partial charge >= 0.3 is 6.03 Å². The van der Waals surface area contributed by atoms with Crippen molar-refractivity contribution in [1.29, 1.82) is 0 Å². The summed E-state index contributed by atoms with van der Waals surface area (Å²) in [6, 6.07) is 2.79. The number of carbonyl (C=O) groups is 1. The zero-order chi connectivity index (χ0) is 13.4. The third-order valence-corrected chi connectivity index (χ3v) is 3.86. The number of nitrogens with one attached hydrogen (secondary N) is 2. The second-order valence-electron chi connectivity index (χ2n) is 5.60. The first-order chi connectivity index (χ1) is 9.11. The maximum atomic E-state index is 11.9. The number of hydrogen-bond donors (Lipinski definition) is 2. The van der Waals surface area contributed by atoms with Crippen molar-refractivity contribution in [2.75, 3.05) is 18.4 Å². The van der Waals surface area contributed by atoms with Crippen LogP contribution in [0, 0.1) is 6.92 Å². The van der Waals surface area contributed by atoms with Crippen molar-refractivity contribution >= 4 is 11.8 Å². The van der Waals surface area contributed by atoms with Gasteiger partial charge in [-0.15, -0.1) is 0 Å². The van der Waals surface area contributed by atoms with Crippen LogP contribution in [0.5, 0.6) is 0 Å². The number of urea groups is 1. The normalized spacial score (nSPS) is 23.6. The van der Waals surface area contributed by atoms with Gasteiger partial charge in [0.15, 0.2) is 0 Å². The van der Waals surface area contributed by atoms with E-state index in [-0.39, 0.29) is 12.1 Å². The number of hydrogen-bond acceptors (Lipinski definition) is 3. The molecule has 3 rings (SSSR count). The smallest absolute Gasteiger partial charge is 0.320 e. The van der Waals surface area contributed by atoms with Crippen LogP contribution in [-0.2, 0) is 7.05 Å². The molecule has 1 aromatic heterocycles. The van der Waals surface area contributed by atoms with Crippen molar-refractivity contribution in [2.45, 2.75) is 38.3 Å². The standard InChI is InChI=1S/C13H21N5O/c1-9-7-12(17(2)16-9)15-13(19)14-10-5-6-18(8-10)11-3-4-11/h7,10-11H,3-6,8H2,1-2H3,(H2,14,15,19)/t10-/m1/s1. The molecule has 1 aromatic rings. The molecular weight excluding hydrogens is 242 g/mol. The van der Waals surface area contributed by atoms with Crippen molar-refractivity contribution in [3.05, 3.63) is 11.8 Å². The minimum Gasteiger partial charge on any atom is -0.334 e. The predicted molar refractivity (Wildman–Crippen MR) is 73.1 cm³/mol. The molecule has 0 spiro atoms. The molecular formula is C13H21N5O. The molecule has 2 N–H and O–H groups in total. The second-order valence-corrected chi connectivity index (χ2v) is 5.60. The number of nitrogens with zero attached hydrogens (tertiary/aromatic N) is 3. The summed E-state index contributed by atoms with van der Waals surface area (Å²) in [6.07, 6.45) is 3.70. The summed E-state index contributed by atoms with van der Waals surface area (Å²) in [4.78, 5) is 14.4. The SMILES string of the molecule is Cc1cc(NC(=O)N[C@@H]2CCN(C3CC3)C2)n(C)n1. The van der Waals surface area contributed by atoms with Gasteiger partial charge in [0.1, 0.15) is 5.82 Å². The molecule has 6 nitrogen and oxygen atoms in total. The minimum atomic E-state index is -0.134. The maximum Gasteiger partial charge on any atom is 0.320 e. The molecule has 0 radical (unpaired) electrons. The Morgan fingerprint density at radius 3 is 2.84 bits per heavy atom. The molecule has 6 heteroatoms. The summed E-state index contributed by atoms with van der Waals surface area (Å²) in [5.41, 5.74) is 0.901.